The fourth-order valence-corrected chi connectivity index (χ4v) is 2.52. The maximum absolute atomic E-state index is 5.87. The summed E-state index contributed by atoms with van der Waals surface area (Å²) >= 11 is 5.22. The first kappa shape index (κ1) is 9.23. The van der Waals surface area contributed by atoms with E-state index >= 15 is 0 Å². The second-order valence-electron chi connectivity index (χ2n) is 2.62. The first-order valence-electron chi connectivity index (χ1n) is 3.66. The van der Waals surface area contributed by atoms with E-state index in [0.29, 0.717) is 0 Å². The maximum atomic E-state index is 5.87. The van der Waals surface area contributed by atoms with Crippen molar-refractivity contribution < 1.29 is 0 Å². The molecule has 0 aromatic carbocycles. The van der Waals surface area contributed by atoms with E-state index in [1.807, 2.05) is 0 Å². The quantitative estimate of drug-likeness (QED) is 0.835. The molecule has 0 spiro atoms. The van der Waals surface area contributed by atoms with Crippen LogP contribution in [0.25, 0.3) is 0 Å². The Morgan fingerprint density at radius 3 is 2.73 bits per heavy atom. The van der Waals surface area contributed by atoms with Gasteiger partial charge >= 0.3 is 0 Å². The van der Waals surface area contributed by atoms with Crippen molar-refractivity contribution in [1.82, 2.24) is 0 Å². The van der Waals surface area contributed by atoms with Crippen LogP contribution in [-0.2, 0) is 0 Å². The van der Waals surface area contributed by atoms with Crippen LogP contribution in [0.2, 0.25) is 0 Å². The number of thiophene rings is 1. The molecule has 1 aromatic rings. The highest BCUT2D eigenvalue weighted by Crippen LogP contribution is 2.31. The van der Waals surface area contributed by atoms with Crippen LogP contribution in [0.3, 0.4) is 0 Å². The molecule has 0 amide bonds. The summed E-state index contributed by atoms with van der Waals surface area (Å²) in [4.78, 5) is 1.27. The minimum Gasteiger partial charge on any atom is -0.323 e. The van der Waals surface area contributed by atoms with Gasteiger partial charge < -0.3 is 5.73 Å². The van der Waals surface area contributed by atoms with Gasteiger partial charge in [0.2, 0.25) is 0 Å². The third-order valence-electron chi connectivity index (χ3n) is 1.68. The van der Waals surface area contributed by atoms with Gasteiger partial charge in [-0.25, -0.2) is 0 Å². The molecule has 1 nitrogen and oxygen atoms in total. The van der Waals surface area contributed by atoms with Crippen molar-refractivity contribution >= 4 is 27.3 Å². The van der Waals surface area contributed by atoms with Crippen molar-refractivity contribution in [2.45, 2.75) is 26.3 Å². The van der Waals surface area contributed by atoms with E-state index in [1.165, 1.54) is 14.2 Å². The number of aryl methyl sites for hydroxylation is 1. The van der Waals surface area contributed by atoms with Gasteiger partial charge in [0.15, 0.2) is 0 Å². The summed E-state index contributed by atoms with van der Waals surface area (Å²) < 4.78 is 1.20. The monoisotopic (exact) mass is 233 g/mol. The zero-order chi connectivity index (χ0) is 8.43. The SMILES string of the molecule is CC[C@@H](N)c1cc(C)c(Br)s1. The predicted octanol–water partition coefficient (Wildman–Crippen LogP) is 3.23. The van der Waals surface area contributed by atoms with Crippen molar-refractivity contribution in [3.05, 3.63) is 20.3 Å². The summed E-state index contributed by atoms with van der Waals surface area (Å²) in [6.07, 6.45) is 1.01. The van der Waals surface area contributed by atoms with Gasteiger partial charge in [-0.05, 0) is 40.9 Å². The molecule has 0 unspecified atom stereocenters. The van der Waals surface area contributed by atoms with E-state index in [1.54, 1.807) is 11.3 Å². The Morgan fingerprint density at radius 2 is 2.36 bits per heavy atom. The Bertz CT molecular complexity index is 225. The Morgan fingerprint density at radius 1 is 1.73 bits per heavy atom. The van der Waals surface area contributed by atoms with Gasteiger partial charge in [0.05, 0.1) is 3.79 Å². The van der Waals surface area contributed by atoms with Crippen molar-refractivity contribution in [3.63, 3.8) is 0 Å². The third kappa shape index (κ3) is 2.04. The molecule has 11 heavy (non-hydrogen) atoms. The lowest BCUT2D eigenvalue weighted by Gasteiger charge is -2.03. The molecule has 0 aliphatic carbocycles. The summed E-state index contributed by atoms with van der Waals surface area (Å²) in [6.45, 7) is 4.19. The van der Waals surface area contributed by atoms with Gasteiger partial charge in [-0.2, -0.15) is 0 Å². The Kier molecular flexibility index (Phi) is 3.10. The predicted molar refractivity (Wildman–Crippen MR) is 54.0 cm³/mol. The molecule has 1 aromatic heterocycles. The molecule has 1 atom stereocenters. The smallest absolute Gasteiger partial charge is 0.0731 e. The second kappa shape index (κ2) is 3.70. The zero-order valence-corrected chi connectivity index (χ0v) is 9.13. The lowest BCUT2D eigenvalue weighted by molar-refractivity contribution is 0.712. The number of rotatable bonds is 2. The maximum Gasteiger partial charge on any atom is 0.0731 e. The highest BCUT2D eigenvalue weighted by atomic mass is 79.9. The van der Waals surface area contributed by atoms with Crippen molar-refractivity contribution in [2.75, 3.05) is 0 Å². The van der Waals surface area contributed by atoms with E-state index in [-0.39, 0.29) is 6.04 Å². The molecule has 2 N–H and O–H groups in total. The highest BCUT2D eigenvalue weighted by Gasteiger charge is 2.08. The molecular weight excluding hydrogens is 222 g/mol. The molecule has 0 saturated heterocycles. The zero-order valence-electron chi connectivity index (χ0n) is 6.73. The molecule has 0 aliphatic heterocycles. The topological polar surface area (TPSA) is 26.0 Å². The molecule has 0 aliphatic rings. The summed E-state index contributed by atoms with van der Waals surface area (Å²) in [5, 5.41) is 0. The van der Waals surface area contributed by atoms with E-state index in [4.69, 9.17) is 5.73 Å². The van der Waals surface area contributed by atoms with E-state index in [2.05, 4.69) is 35.8 Å². The average Bonchev–Trinajstić information content (AvgIpc) is 2.31. The van der Waals surface area contributed by atoms with Crippen LogP contribution < -0.4 is 5.73 Å². The molecule has 1 heterocycles. The molecule has 0 bridgehead atoms. The van der Waals surface area contributed by atoms with Crippen LogP contribution in [0.5, 0.6) is 0 Å². The molecule has 1 rings (SSSR count). The fraction of sp³-hybridized carbons (Fsp3) is 0.500. The van der Waals surface area contributed by atoms with Gasteiger partial charge in [-0.15, -0.1) is 11.3 Å². The molecular formula is C8H12BrNS. The van der Waals surface area contributed by atoms with Crippen molar-refractivity contribution in [2.24, 2.45) is 5.73 Å². The molecule has 0 fully saturated rings. The van der Waals surface area contributed by atoms with Crippen LogP contribution in [0.4, 0.5) is 0 Å². The second-order valence-corrected chi connectivity index (χ2v) is 5.02. The lowest BCUT2D eigenvalue weighted by Crippen LogP contribution is -2.05. The van der Waals surface area contributed by atoms with Gasteiger partial charge in [0.25, 0.3) is 0 Å². The largest absolute Gasteiger partial charge is 0.323 e. The lowest BCUT2D eigenvalue weighted by atomic mass is 10.2. The molecule has 0 radical (unpaired) electrons. The fourth-order valence-electron chi connectivity index (χ4n) is 0.867. The standard InChI is InChI=1S/C8H12BrNS/c1-3-6(10)7-4-5(2)8(9)11-7/h4,6H,3,10H2,1-2H3/t6-/m1/s1. The van der Waals surface area contributed by atoms with E-state index < -0.39 is 0 Å². The highest BCUT2D eigenvalue weighted by molar-refractivity contribution is 9.11. The summed E-state index contributed by atoms with van der Waals surface area (Å²) in [6, 6.07) is 2.37. The first-order chi connectivity index (χ1) is 5.15. The van der Waals surface area contributed by atoms with Crippen LogP contribution in [0.1, 0.15) is 29.8 Å². The number of hydrogen-bond acceptors (Lipinski definition) is 2. The summed E-state index contributed by atoms with van der Waals surface area (Å²) in [7, 11) is 0. The van der Waals surface area contributed by atoms with Crippen LogP contribution >= 0.6 is 27.3 Å². The van der Waals surface area contributed by atoms with Crippen LogP contribution in [0.15, 0.2) is 9.85 Å². The van der Waals surface area contributed by atoms with Gasteiger partial charge in [0.1, 0.15) is 0 Å². The van der Waals surface area contributed by atoms with Crippen LogP contribution in [0, 0.1) is 6.92 Å². The normalized spacial score (nSPS) is 13.5. The number of hydrogen-bond donors (Lipinski definition) is 1. The molecule has 62 valence electrons. The van der Waals surface area contributed by atoms with E-state index in [9.17, 15) is 0 Å². The average molecular weight is 234 g/mol. The van der Waals surface area contributed by atoms with Crippen LogP contribution in [-0.4, -0.2) is 0 Å². The van der Waals surface area contributed by atoms with Gasteiger partial charge in [-0.3, -0.25) is 0 Å². The summed E-state index contributed by atoms with van der Waals surface area (Å²) in [5.74, 6) is 0. The number of halogens is 1. The van der Waals surface area contributed by atoms with E-state index in [0.717, 1.165) is 6.42 Å². The third-order valence-corrected chi connectivity index (χ3v) is 3.95. The Labute approximate surface area is 79.7 Å². The Hall–Kier alpha value is 0.140. The van der Waals surface area contributed by atoms with Gasteiger partial charge in [0, 0.05) is 10.9 Å². The summed E-state index contributed by atoms with van der Waals surface area (Å²) in [5.41, 5.74) is 7.15. The van der Waals surface area contributed by atoms with Crippen molar-refractivity contribution in [1.29, 1.82) is 0 Å². The minimum absolute atomic E-state index is 0.213. The first-order valence-corrected chi connectivity index (χ1v) is 5.27. The van der Waals surface area contributed by atoms with Gasteiger partial charge in [-0.1, -0.05) is 6.92 Å². The van der Waals surface area contributed by atoms with Crippen molar-refractivity contribution in [3.8, 4) is 0 Å². The molecule has 3 heteroatoms. The minimum atomic E-state index is 0.213. The molecule has 0 saturated carbocycles. The number of nitrogens with two attached hydrogens (primary N) is 1. The Balaban J connectivity index is 2.88.